The van der Waals surface area contributed by atoms with E-state index < -0.39 is 0 Å². The lowest BCUT2D eigenvalue weighted by atomic mass is 9.76. The Balaban J connectivity index is 0.000000138. The van der Waals surface area contributed by atoms with Gasteiger partial charge in [-0.1, -0.05) is 84.9 Å². The van der Waals surface area contributed by atoms with Gasteiger partial charge in [0.05, 0.1) is 40.6 Å². The SMILES string of the molecule is COCCOc1cccc([C@@H]2CCN(CCn3cccc3)[C@H](C)[C@H]2COc2ccc3c(c2)C(=O)NC3)c1.COc1ccc([C@@H]2CCN(CC3CC3)[C@H](C)[C@H]2COc2ccc3c(c2)C(=O)NC3)cc1.COc1ccc([C@@H]2CCN(CCc3ccccc3)[C@H](C)[C@H]2COc2ccc3c(c2)C(=O)NC3)cc1. The normalized spacial score (nSPS) is 22.9. The maximum Gasteiger partial charge on any atom is 0.252 e. The summed E-state index contributed by atoms with van der Waals surface area (Å²) in [7, 11) is 5.10. The standard InChI is InChI=1S/C30H37N3O4.C30H34N2O3.C26H32N2O3/c1-22-29(21-37-26-9-8-24-20-31-30(34)28(24)19-26)27(10-13-33(22)15-14-32-11-3-4-12-32)23-6-5-7-25(18-23)36-17-16-35-2;1-21-29(20-35-26-13-10-24-19-31-30(33)28(24)18-26)27(23-8-11-25(34-2)12-9-23)15-17-32(21)16-14-22-6-4-3-5-7-22;1-17-25(16-31-22-10-7-20-14-27-26(29)24(20)13-22)23(11-12-28(17)15-18-3-4-18)19-5-8-21(30-2)9-6-19/h3-9,11-12,18-19,22,27,29H,10,13-17,20-21H2,1-2H3,(H,31,34);3-13,18,21,27,29H,14-17,19-20H2,1-2H3,(H,31,33);5-10,13,17-18,23,25H,3-4,11-12,14-16H2,1-2H3,(H,27,29)/t22-,27+,29-;21-,27+,29-;17-,23+,25-/m111/s1. The molecule has 3 saturated heterocycles. The van der Waals surface area contributed by atoms with E-state index in [0.717, 1.165) is 139 Å². The Morgan fingerprint density at radius 1 is 0.398 bits per heavy atom. The average Bonchev–Trinajstić information content (AvgIpc) is 1.79. The van der Waals surface area contributed by atoms with Crippen LogP contribution in [-0.4, -0.2) is 149 Å². The van der Waals surface area contributed by atoms with Gasteiger partial charge in [0.1, 0.15) is 41.1 Å². The highest BCUT2D eigenvalue weighted by Crippen LogP contribution is 2.43. The highest BCUT2D eigenvalue weighted by atomic mass is 16.5. The van der Waals surface area contributed by atoms with E-state index in [1.54, 1.807) is 21.3 Å². The van der Waals surface area contributed by atoms with Gasteiger partial charge in [-0.3, -0.25) is 29.1 Å². The lowest BCUT2D eigenvalue weighted by Crippen LogP contribution is -2.49. The second-order valence-electron chi connectivity index (χ2n) is 29.0. The molecule has 7 aromatic carbocycles. The third kappa shape index (κ3) is 18.1. The number of ether oxygens (including phenoxy) is 7. The third-order valence-electron chi connectivity index (χ3n) is 22.9. The number of rotatable bonds is 26. The zero-order chi connectivity index (χ0) is 71.2. The largest absolute Gasteiger partial charge is 0.497 e. The van der Waals surface area contributed by atoms with Gasteiger partial charge < -0.3 is 53.7 Å². The summed E-state index contributed by atoms with van der Waals surface area (Å²) in [5.74, 6) is 8.02. The molecule has 17 nitrogen and oxygen atoms in total. The highest BCUT2D eigenvalue weighted by Gasteiger charge is 2.41. The fourth-order valence-corrected chi connectivity index (χ4v) is 16.4. The molecule has 0 bridgehead atoms. The lowest BCUT2D eigenvalue weighted by molar-refractivity contribution is 0.0530. The number of amides is 3. The zero-order valence-corrected chi connectivity index (χ0v) is 60.8. The molecule has 0 unspecified atom stereocenters. The Morgan fingerprint density at radius 3 is 1.30 bits per heavy atom. The maximum absolute atomic E-state index is 12.2. The average molecular weight is 1390 g/mol. The summed E-state index contributed by atoms with van der Waals surface area (Å²) in [5, 5.41) is 8.65. The Hall–Kier alpha value is -9.13. The smallest absolute Gasteiger partial charge is 0.252 e. The number of likely N-dealkylation sites (tertiary alicyclic amines) is 3. The van der Waals surface area contributed by atoms with Crippen LogP contribution >= 0.6 is 0 Å². The second-order valence-corrected chi connectivity index (χ2v) is 29.0. The predicted molar refractivity (Wildman–Crippen MR) is 402 cm³/mol. The molecule has 103 heavy (non-hydrogen) atoms. The zero-order valence-electron chi connectivity index (χ0n) is 60.8. The Kier molecular flexibility index (Phi) is 24.1. The number of aromatic nitrogens is 1. The third-order valence-corrected chi connectivity index (χ3v) is 22.9. The van der Waals surface area contributed by atoms with E-state index in [1.165, 1.54) is 41.6 Å². The van der Waals surface area contributed by atoms with Crippen LogP contribution in [0.5, 0.6) is 34.5 Å². The number of fused-ring (bicyclic) bond motifs is 3. The second kappa shape index (κ2) is 34.4. The van der Waals surface area contributed by atoms with Crippen molar-refractivity contribution in [2.24, 2.45) is 23.7 Å². The van der Waals surface area contributed by atoms with Gasteiger partial charge in [0.15, 0.2) is 0 Å². The van der Waals surface area contributed by atoms with Crippen LogP contribution < -0.4 is 44.4 Å². The number of methoxy groups -OCH3 is 3. The maximum atomic E-state index is 12.2. The van der Waals surface area contributed by atoms with Crippen LogP contribution in [0.3, 0.4) is 0 Å². The molecule has 1 aromatic heterocycles. The molecular formula is C86H103N7O10. The first-order chi connectivity index (χ1) is 50.4. The van der Waals surface area contributed by atoms with Gasteiger partial charge in [-0.2, -0.15) is 0 Å². The minimum atomic E-state index is -0.0224. The van der Waals surface area contributed by atoms with Gasteiger partial charge in [-0.15, -0.1) is 0 Å². The number of nitrogens with zero attached hydrogens (tertiary/aromatic N) is 4. The van der Waals surface area contributed by atoms with Crippen LogP contribution in [-0.2, 0) is 37.3 Å². The first kappa shape index (κ1) is 72.2. The van der Waals surface area contributed by atoms with E-state index in [4.69, 9.17) is 33.2 Å². The van der Waals surface area contributed by atoms with Crippen molar-refractivity contribution in [3.63, 3.8) is 0 Å². The van der Waals surface area contributed by atoms with Gasteiger partial charge in [0, 0.05) is 118 Å². The molecule has 9 atom stereocenters. The summed E-state index contributed by atoms with van der Waals surface area (Å²) < 4.78 is 43.1. The quantitative estimate of drug-likeness (QED) is 0.0439. The Morgan fingerprint density at radius 2 is 0.835 bits per heavy atom. The van der Waals surface area contributed by atoms with Crippen molar-refractivity contribution in [1.29, 1.82) is 0 Å². The fraction of sp³-hybridized carbons (Fsp3) is 0.430. The van der Waals surface area contributed by atoms with E-state index in [9.17, 15) is 14.4 Å². The number of piperidine rings is 3. The van der Waals surface area contributed by atoms with Crippen LogP contribution in [0.25, 0.3) is 0 Å². The molecule has 8 aromatic rings. The molecule has 0 radical (unpaired) electrons. The monoisotopic (exact) mass is 1390 g/mol. The molecule has 15 rings (SSSR count). The van der Waals surface area contributed by atoms with Gasteiger partial charge in [-0.05, 0) is 226 Å². The van der Waals surface area contributed by atoms with Gasteiger partial charge in [0.2, 0.25) is 0 Å². The minimum Gasteiger partial charge on any atom is -0.497 e. The molecule has 6 aliphatic heterocycles. The molecule has 4 fully saturated rings. The predicted octanol–water partition coefficient (Wildman–Crippen LogP) is 13.6. The first-order valence-electron chi connectivity index (χ1n) is 37.3. The molecule has 3 N–H and O–H groups in total. The van der Waals surface area contributed by atoms with Crippen molar-refractivity contribution in [3.05, 3.63) is 238 Å². The van der Waals surface area contributed by atoms with E-state index in [1.807, 2.05) is 60.7 Å². The molecule has 1 saturated carbocycles. The van der Waals surface area contributed by atoms with Crippen LogP contribution in [0.2, 0.25) is 0 Å². The van der Waals surface area contributed by atoms with Crippen molar-refractivity contribution in [1.82, 2.24) is 35.2 Å². The fourth-order valence-electron chi connectivity index (χ4n) is 16.4. The molecular weight excluding hydrogens is 1290 g/mol. The summed E-state index contributed by atoms with van der Waals surface area (Å²) in [6.45, 7) is 19.3. The molecule has 1 aliphatic carbocycles. The van der Waals surface area contributed by atoms with Crippen molar-refractivity contribution in [2.75, 3.05) is 93.6 Å². The molecule has 17 heteroatoms. The molecule has 3 amide bonds. The van der Waals surface area contributed by atoms with Crippen LogP contribution in [0, 0.1) is 23.7 Å². The highest BCUT2D eigenvalue weighted by molar-refractivity contribution is 5.99. The van der Waals surface area contributed by atoms with E-state index in [-0.39, 0.29) is 23.6 Å². The van der Waals surface area contributed by atoms with E-state index in [0.29, 0.717) is 100 Å². The van der Waals surface area contributed by atoms with Gasteiger partial charge in [-0.25, -0.2) is 0 Å². The van der Waals surface area contributed by atoms with E-state index >= 15 is 0 Å². The summed E-state index contributed by atoms with van der Waals surface area (Å²) in [5.41, 5.74) is 10.7. The topological polar surface area (TPSA) is 167 Å². The van der Waals surface area contributed by atoms with Gasteiger partial charge in [0.25, 0.3) is 17.7 Å². The van der Waals surface area contributed by atoms with Gasteiger partial charge >= 0.3 is 0 Å². The molecule has 7 aliphatic rings. The number of nitrogens with one attached hydrogen (secondary N) is 3. The van der Waals surface area contributed by atoms with Crippen molar-refractivity contribution in [2.45, 2.75) is 121 Å². The van der Waals surface area contributed by atoms with Crippen LogP contribution in [0.4, 0.5) is 0 Å². The lowest BCUT2D eigenvalue weighted by Gasteiger charge is -2.44. The minimum absolute atomic E-state index is 0.00166. The number of hydrogen-bond donors (Lipinski definition) is 3. The summed E-state index contributed by atoms with van der Waals surface area (Å²) >= 11 is 0. The molecule has 0 spiro atoms. The summed E-state index contributed by atoms with van der Waals surface area (Å²) in [4.78, 5) is 44.2. The summed E-state index contributed by atoms with van der Waals surface area (Å²) in [6, 6.07) is 59.2. The van der Waals surface area contributed by atoms with Crippen molar-refractivity contribution >= 4 is 17.7 Å². The van der Waals surface area contributed by atoms with Crippen LogP contribution in [0.15, 0.2) is 182 Å². The van der Waals surface area contributed by atoms with Crippen molar-refractivity contribution < 1.29 is 47.5 Å². The molecule has 542 valence electrons. The first-order valence-corrected chi connectivity index (χ1v) is 37.3. The Labute approximate surface area is 608 Å². The number of carbonyl (C=O) groups excluding carboxylic acids is 3. The van der Waals surface area contributed by atoms with Crippen molar-refractivity contribution in [3.8, 4) is 34.5 Å². The number of hydrogen-bond acceptors (Lipinski definition) is 13. The van der Waals surface area contributed by atoms with Crippen LogP contribution in [0.1, 0.15) is 141 Å². The van der Waals surface area contributed by atoms with E-state index in [2.05, 4.69) is 178 Å². The summed E-state index contributed by atoms with van der Waals surface area (Å²) in [6.07, 6.45) is 11.3. The Bertz CT molecular complexity index is 4090. The number of benzene rings is 7. The molecule has 7 heterocycles. The number of carbonyl (C=O) groups is 3.